The minimum Gasteiger partial charge on any atom is -0.378 e. The number of hydrogen-bond donors (Lipinski definition) is 2. The Morgan fingerprint density at radius 3 is 2.73 bits per heavy atom. The molecule has 0 radical (unpaired) electrons. The Morgan fingerprint density at radius 1 is 1.41 bits per heavy atom. The maximum atomic E-state index is 13.7. The average Bonchev–Trinajstić information content (AvgIpc) is 2.49. The molecule has 2 N–H and O–H groups in total. The zero-order chi connectivity index (χ0) is 15.4. The number of carbonyl (C=O) groups excluding carboxylic acids is 2. The van der Waals surface area contributed by atoms with Gasteiger partial charge >= 0.3 is 0 Å². The first-order chi connectivity index (χ1) is 9.99. The molecule has 1 unspecified atom stereocenters. The summed E-state index contributed by atoms with van der Waals surface area (Å²) in [7, 11) is 3.08. The highest BCUT2D eigenvalue weighted by atomic mass is 35.5. The van der Waals surface area contributed by atoms with Crippen LogP contribution in [0.15, 0.2) is 18.2 Å². The van der Waals surface area contributed by atoms with Gasteiger partial charge in [-0.15, -0.1) is 12.4 Å². The van der Waals surface area contributed by atoms with Crippen molar-refractivity contribution in [3.8, 4) is 0 Å². The van der Waals surface area contributed by atoms with Crippen LogP contribution in [0.3, 0.4) is 0 Å². The van der Waals surface area contributed by atoms with Crippen LogP contribution >= 0.6 is 12.4 Å². The summed E-state index contributed by atoms with van der Waals surface area (Å²) >= 11 is 0. The standard InChI is InChI=1S/C14H18FN3O3.ClH/c1-18(2)14(20)10-7-9(3-4-11(10)15)17-13(19)12-8-21-6-5-16-12;/h3-4,7,12,16H,5-6,8H2,1-2H3,(H,17,19);1H. The van der Waals surface area contributed by atoms with Gasteiger partial charge in [-0.2, -0.15) is 0 Å². The molecule has 0 bridgehead atoms. The van der Waals surface area contributed by atoms with Gasteiger partial charge in [0.15, 0.2) is 0 Å². The van der Waals surface area contributed by atoms with Crippen LogP contribution < -0.4 is 10.6 Å². The number of amides is 2. The van der Waals surface area contributed by atoms with E-state index >= 15 is 0 Å². The number of rotatable bonds is 3. The van der Waals surface area contributed by atoms with E-state index in [0.717, 1.165) is 6.07 Å². The molecule has 22 heavy (non-hydrogen) atoms. The lowest BCUT2D eigenvalue weighted by Gasteiger charge is -2.23. The molecule has 1 aromatic carbocycles. The summed E-state index contributed by atoms with van der Waals surface area (Å²) in [5, 5.41) is 5.67. The summed E-state index contributed by atoms with van der Waals surface area (Å²) in [6.07, 6.45) is 0. The second kappa shape index (κ2) is 8.07. The van der Waals surface area contributed by atoms with Crippen molar-refractivity contribution in [1.82, 2.24) is 10.2 Å². The molecular weight excluding hydrogens is 313 g/mol. The quantitative estimate of drug-likeness (QED) is 0.862. The number of benzene rings is 1. The first kappa shape index (κ1) is 18.3. The Hall–Kier alpha value is -1.70. The summed E-state index contributed by atoms with van der Waals surface area (Å²) < 4.78 is 18.9. The molecule has 2 rings (SSSR count). The predicted molar refractivity (Wildman–Crippen MR) is 82.9 cm³/mol. The highest BCUT2D eigenvalue weighted by Gasteiger charge is 2.22. The maximum absolute atomic E-state index is 13.7. The number of nitrogens with one attached hydrogen (secondary N) is 2. The fourth-order valence-electron chi connectivity index (χ4n) is 1.97. The fraction of sp³-hybridized carbons (Fsp3) is 0.429. The van der Waals surface area contributed by atoms with Crippen LogP contribution in [0.25, 0.3) is 0 Å². The summed E-state index contributed by atoms with van der Waals surface area (Å²) in [5.41, 5.74) is 0.296. The Morgan fingerprint density at radius 2 is 2.14 bits per heavy atom. The Kier molecular flexibility index (Phi) is 6.73. The summed E-state index contributed by atoms with van der Waals surface area (Å²) in [6, 6.07) is 3.47. The molecule has 0 saturated carbocycles. The van der Waals surface area contributed by atoms with E-state index in [-0.39, 0.29) is 30.5 Å². The largest absolute Gasteiger partial charge is 0.378 e. The zero-order valence-corrected chi connectivity index (χ0v) is 13.2. The van der Waals surface area contributed by atoms with Crippen LogP contribution in [0.4, 0.5) is 10.1 Å². The van der Waals surface area contributed by atoms with Gasteiger partial charge in [-0.1, -0.05) is 0 Å². The number of morpholine rings is 1. The third-order valence-electron chi connectivity index (χ3n) is 3.11. The van der Waals surface area contributed by atoms with E-state index in [0.29, 0.717) is 18.8 Å². The van der Waals surface area contributed by atoms with Crippen LogP contribution in [-0.2, 0) is 9.53 Å². The average molecular weight is 332 g/mol. The van der Waals surface area contributed by atoms with Crippen molar-refractivity contribution < 1.29 is 18.7 Å². The van der Waals surface area contributed by atoms with Gasteiger partial charge in [0.05, 0.1) is 18.8 Å². The van der Waals surface area contributed by atoms with E-state index in [2.05, 4.69) is 10.6 Å². The van der Waals surface area contributed by atoms with Crippen LogP contribution in [0.5, 0.6) is 0 Å². The third kappa shape index (κ3) is 4.40. The van der Waals surface area contributed by atoms with Crippen molar-refractivity contribution in [2.24, 2.45) is 0 Å². The van der Waals surface area contributed by atoms with E-state index in [1.165, 1.54) is 31.1 Å². The highest BCUT2D eigenvalue weighted by Crippen LogP contribution is 2.16. The molecule has 6 nitrogen and oxygen atoms in total. The van der Waals surface area contributed by atoms with Gasteiger partial charge in [0, 0.05) is 26.3 Å². The molecular formula is C14H19ClFN3O3. The fourth-order valence-corrected chi connectivity index (χ4v) is 1.97. The highest BCUT2D eigenvalue weighted by molar-refractivity contribution is 5.98. The number of carbonyl (C=O) groups is 2. The SMILES string of the molecule is CN(C)C(=O)c1cc(NC(=O)C2COCCN2)ccc1F.Cl. The molecule has 1 heterocycles. The Bertz CT molecular complexity index is 548. The molecule has 0 spiro atoms. The molecule has 0 aromatic heterocycles. The number of nitrogens with zero attached hydrogens (tertiary/aromatic N) is 1. The van der Waals surface area contributed by atoms with Gasteiger partial charge in [-0.25, -0.2) is 4.39 Å². The van der Waals surface area contributed by atoms with Crippen LogP contribution in [0.2, 0.25) is 0 Å². The van der Waals surface area contributed by atoms with Gasteiger partial charge in [0.2, 0.25) is 5.91 Å². The van der Waals surface area contributed by atoms with Crippen molar-refractivity contribution in [2.75, 3.05) is 39.2 Å². The molecule has 122 valence electrons. The van der Waals surface area contributed by atoms with Gasteiger partial charge in [0.1, 0.15) is 11.9 Å². The molecule has 1 saturated heterocycles. The molecule has 1 fully saturated rings. The van der Waals surface area contributed by atoms with Gasteiger partial charge in [-0.05, 0) is 18.2 Å². The molecule has 8 heteroatoms. The van der Waals surface area contributed by atoms with Crippen molar-refractivity contribution in [2.45, 2.75) is 6.04 Å². The number of ether oxygens (including phenoxy) is 1. The number of hydrogen-bond acceptors (Lipinski definition) is 4. The lowest BCUT2D eigenvalue weighted by molar-refractivity contribution is -0.120. The van der Waals surface area contributed by atoms with Gasteiger partial charge in [0.25, 0.3) is 5.91 Å². The van der Waals surface area contributed by atoms with Crippen molar-refractivity contribution in [3.05, 3.63) is 29.6 Å². The van der Waals surface area contributed by atoms with Gasteiger partial charge in [-0.3, -0.25) is 9.59 Å². The minimum absolute atomic E-state index is 0. The van der Waals surface area contributed by atoms with E-state index in [1.807, 2.05) is 0 Å². The minimum atomic E-state index is -0.620. The predicted octanol–water partition coefficient (Wildman–Crippen LogP) is 0.876. The topological polar surface area (TPSA) is 70.7 Å². The molecule has 0 aliphatic carbocycles. The van der Waals surface area contributed by atoms with Gasteiger partial charge < -0.3 is 20.3 Å². The normalized spacial score (nSPS) is 17.3. The number of halogens is 2. The summed E-state index contributed by atoms with van der Waals surface area (Å²) in [5.74, 6) is -1.35. The molecule has 1 aliphatic heterocycles. The second-order valence-corrected chi connectivity index (χ2v) is 4.97. The summed E-state index contributed by atoms with van der Waals surface area (Å²) in [6.45, 7) is 1.46. The number of anilines is 1. The van der Waals surface area contributed by atoms with Crippen molar-refractivity contribution >= 4 is 29.9 Å². The third-order valence-corrected chi connectivity index (χ3v) is 3.11. The Labute approximate surface area is 134 Å². The lowest BCUT2D eigenvalue weighted by Crippen LogP contribution is -2.48. The summed E-state index contributed by atoms with van der Waals surface area (Å²) in [4.78, 5) is 25.1. The van der Waals surface area contributed by atoms with E-state index < -0.39 is 17.8 Å². The monoisotopic (exact) mass is 331 g/mol. The van der Waals surface area contributed by atoms with Crippen LogP contribution in [0, 0.1) is 5.82 Å². The van der Waals surface area contributed by atoms with E-state index in [9.17, 15) is 14.0 Å². The first-order valence-electron chi connectivity index (χ1n) is 6.62. The Balaban J connectivity index is 0.00000242. The van der Waals surface area contributed by atoms with Crippen molar-refractivity contribution in [1.29, 1.82) is 0 Å². The first-order valence-corrected chi connectivity index (χ1v) is 6.62. The molecule has 1 aliphatic rings. The maximum Gasteiger partial charge on any atom is 0.256 e. The van der Waals surface area contributed by atoms with Crippen LogP contribution in [-0.4, -0.2) is 56.6 Å². The van der Waals surface area contributed by atoms with E-state index in [1.54, 1.807) is 0 Å². The van der Waals surface area contributed by atoms with E-state index in [4.69, 9.17) is 4.74 Å². The second-order valence-electron chi connectivity index (χ2n) is 4.97. The molecule has 1 atom stereocenters. The molecule has 2 amide bonds. The zero-order valence-electron chi connectivity index (χ0n) is 12.4. The van der Waals surface area contributed by atoms with Crippen LogP contribution in [0.1, 0.15) is 10.4 Å². The molecule has 1 aromatic rings. The lowest BCUT2D eigenvalue weighted by atomic mass is 10.1. The smallest absolute Gasteiger partial charge is 0.256 e. The van der Waals surface area contributed by atoms with Crippen molar-refractivity contribution in [3.63, 3.8) is 0 Å².